The van der Waals surface area contributed by atoms with Crippen LogP contribution in [-0.2, 0) is 0 Å². The summed E-state index contributed by atoms with van der Waals surface area (Å²) in [5.41, 5.74) is 2.03. The van der Waals surface area contributed by atoms with E-state index >= 15 is 0 Å². The van der Waals surface area contributed by atoms with Crippen molar-refractivity contribution in [1.29, 1.82) is 0 Å². The van der Waals surface area contributed by atoms with Gasteiger partial charge in [0.05, 0.1) is 32.5 Å². The van der Waals surface area contributed by atoms with E-state index in [9.17, 15) is 9.18 Å². The molecule has 0 spiro atoms. The first-order chi connectivity index (χ1) is 11.4. The predicted molar refractivity (Wildman–Crippen MR) is 87.9 cm³/mol. The van der Waals surface area contributed by atoms with Crippen LogP contribution in [0.25, 0.3) is 0 Å². The number of benzene rings is 1. The Morgan fingerprint density at radius 2 is 1.58 bits per heavy atom. The highest BCUT2D eigenvalue weighted by atomic mass is 19.1. The minimum Gasteiger partial charge on any atom is -0.493 e. The number of aromatic nitrogens is 1. The Labute approximate surface area is 140 Å². The summed E-state index contributed by atoms with van der Waals surface area (Å²) in [6, 6.07) is 1.66. The second kappa shape index (κ2) is 6.86. The van der Waals surface area contributed by atoms with Crippen LogP contribution < -0.4 is 14.2 Å². The number of hydrogen-bond donors (Lipinski definition) is 0. The second-order valence-corrected chi connectivity index (χ2v) is 5.40. The van der Waals surface area contributed by atoms with Gasteiger partial charge in [0.25, 0.3) is 0 Å². The molecule has 0 radical (unpaired) electrons. The van der Waals surface area contributed by atoms with Gasteiger partial charge < -0.3 is 14.2 Å². The minimum atomic E-state index is -0.806. The average molecular weight is 333 g/mol. The van der Waals surface area contributed by atoms with Gasteiger partial charge in [-0.25, -0.2) is 4.98 Å². The number of aryl methyl sites for hydroxylation is 2. The number of pyridine rings is 1. The van der Waals surface area contributed by atoms with Gasteiger partial charge in [0.1, 0.15) is 0 Å². The topological polar surface area (TPSA) is 57.7 Å². The summed E-state index contributed by atoms with van der Waals surface area (Å²) >= 11 is 0. The molecule has 0 saturated carbocycles. The normalized spacial score (nSPS) is 10.5. The number of ketones is 1. The number of carbonyl (C=O) groups excluding carboxylic acids is 1. The number of ether oxygens (including phenoxy) is 3. The van der Waals surface area contributed by atoms with E-state index in [4.69, 9.17) is 14.2 Å². The van der Waals surface area contributed by atoms with Crippen LogP contribution in [0.5, 0.6) is 17.2 Å². The van der Waals surface area contributed by atoms with E-state index < -0.39 is 11.7 Å². The fourth-order valence-corrected chi connectivity index (χ4v) is 2.62. The number of nitrogens with zero attached hydrogens (tertiary/aromatic N) is 1. The Morgan fingerprint density at radius 3 is 2.12 bits per heavy atom. The lowest BCUT2D eigenvalue weighted by Gasteiger charge is -2.18. The number of carbonyl (C=O) groups is 1. The smallest absolute Gasteiger partial charge is 0.224 e. The monoisotopic (exact) mass is 333 g/mol. The quantitative estimate of drug-likeness (QED) is 0.620. The molecular formula is C18H20FNO4. The van der Waals surface area contributed by atoms with Crippen molar-refractivity contribution < 1.29 is 23.4 Å². The number of hydrogen-bond acceptors (Lipinski definition) is 5. The maximum Gasteiger partial charge on any atom is 0.224 e. The maximum atomic E-state index is 14.2. The molecule has 24 heavy (non-hydrogen) atoms. The molecule has 2 rings (SSSR count). The van der Waals surface area contributed by atoms with E-state index in [1.54, 1.807) is 26.8 Å². The van der Waals surface area contributed by atoms with Crippen LogP contribution in [0, 0.1) is 26.7 Å². The van der Waals surface area contributed by atoms with Gasteiger partial charge in [0.15, 0.2) is 11.5 Å². The number of methoxy groups -OCH3 is 3. The van der Waals surface area contributed by atoms with Crippen LogP contribution in [0.2, 0.25) is 0 Å². The first kappa shape index (κ1) is 17.7. The first-order valence-corrected chi connectivity index (χ1v) is 7.33. The van der Waals surface area contributed by atoms with Crippen LogP contribution in [0.15, 0.2) is 12.3 Å². The third kappa shape index (κ3) is 2.79. The van der Waals surface area contributed by atoms with E-state index in [0.29, 0.717) is 16.9 Å². The molecule has 1 heterocycles. The Morgan fingerprint density at radius 1 is 0.958 bits per heavy atom. The van der Waals surface area contributed by atoms with Crippen molar-refractivity contribution in [2.24, 2.45) is 0 Å². The van der Waals surface area contributed by atoms with Crippen LogP contribution in [-0.4, -0.2) is 32.1 Å². The predicted octanol–water partition coefficient (Wildman–Crippen LogP) is 3.40. The Balaban J connectivity index is 2.78. The van der Waals surface area contributed by atoms with E-state index in [1.807, 2.05) is 0 Å². The zero-order chi connectivity index (χ0) is 18.0. The summed E-state index contributed by atoms with van der Waals surface area (Å²) < 4.78 is 30.2. The van der Waals surface area contributed by atoms with Gasteiger partial charge in [0, 0.05) is 6.20 Å². The molecule has 0 aliphatic heterocycles. The molecule has 6 heteroatoms. The van der Waals surface area contributed by atoms with Gasteiger partial charge in [-0.1, -0.05) is 0 Å². The minimum absolute atomic E-state index is 0.0661. The molecule has 0 aliphatic rings. The molecule has 0 aliphatic carbocycles. The Kier molecular flexibility index (Phi) is 5.07. The van der Waals surface area contributed by atoms with Crippen LogP contribution in [0.1, 0.15) is 32.6 Å². The van der Waals surface area contributed by atoms with E-state index in [1.165, 1.54) is 27.5 Å². The standard InChI is InChI=1S/C18H20FNO4/c1-9-7-12(22-4)16(23-5)17(24-6)13(9)15(21)14-11(3)10(2)8-20-18(14)19/h7-8H,1-6H3. The lowest BCUT2D eigenvalue weighted by atomic mass is 9.94. The van der Waals surface area contributed by atoms with E-state index in [0.717, 1.165) is 5.56 Å². The highest BCUT2D eigenvalue weighted by molar-refractivity contribution is 6.13. The Bertz CT molecular complexity index is 802. The third-order valence-corrected chi connectivity index (χ3v) is 4.03. The molecule has 0 atom stereocenters. The lowest BCUT2D eigenvalue weighted by Crippen LogP contribution is -2.13. The summed E-state index contributed by atoms with van der Waals surface area (Å²) in [5.74, 6) is -0.383. The van der Waals surface area contributed by atoms with Crippen molar-refractivity contribution in [3.8, 4) is 17.2 Å². The molecular weight excluding hydrogens is 313 g/mol. The van der Waals surface area contributed by atoms with Crippen molar-refractivity contribution >= 4 is 5.78 Å². The zero-order valence-corrected chi connectivity index (χ0v) is 14.6. The molecule has 128 valence electrons. The summed E-state index contributed by atoms with van der Waals surface area (Å²) in [6.07, 6.45) is 1.40. The van der Waals surface area contributed by atoms with E-state index in [2.05, 4.69) is 4.98 Å². The van der Waals surface area contributed by atoms with Crippen molar-refractivity contribution in [2.75, 3.05) is 21.3 Å². The molecule has 1 aromatic carbocycles. The van der Waals surface area contributed by atoms with Crippen LogP contribution >= 0.6 is 0 Å². The third-order valence-electron chi connectivity index (χ3n) is 4.03. The van der Waals surface area contributed by atoms with Gasteiger partial charge in [-0.05, 0) is 43.5 Å². The second-order valence-electron chi connectivity index (χ2n) is 5.40. The maximum absolute atomic E-state index is 14.2. The number of halogens is 1. The summed E-state index contributed by atoms with van der Waals surface area (Å²) in [5, 5.41) is 0. The molecule has 0 unspecified atom stereocenters. The Hall–Kier alpha value is -2.63. The zero-order valence-electron chi connectivity index (χ0n) is 14.6. The number of rotatable bonds is 5. The molecule has 5 nitrogen and oxygen atoms in total. The highest BCUT2D eigenvalue weighted by Gasteiger charge is 2.28. The molecule has 2 aromatic rings. The van der Waals surface area contributed by atoms with Crippen LogP contribution in [0.4, 0.5) is 4.39 Å². The van der Waals surface area contributed by atoms with Gasteiger partial charge >= 0.3 is 0 Å². The summed E-state index contributed by atoms with van der Waals surface area (Å²) in [6.45, 7) is 5.20. The van der Waals surface area contributed by atoms with Crippen molar-refractivity contribution in [2.45, 2.75) is 20.8 Å². The van der Waals surface area contributed by atoms with Crippen molar-refractivity contribution in [3.63, 3.8) is 0 Å². The molecule has 0 fully saturated rings. The summed E-state index contributed by atoms with van der Waals surface area (Å²) in [7, 11) is 4.36. The molecule has 0 amide bonds. The molecule has 0 bridgehead atoms. The van der Waals surface area contributed by atoms with Crippen molar-refractivity contribution in [3.05, 3.63) is 46.0 Å². The van der Waals surface area contributed by atoms with Gasteiger partial charge in [-0.3, -0.25) is 4.79 Å². The lowest BCUT2D eigenvalue weighted by molar-refractivity contribution is 0.102. The fraction of sp³-hybridized carbons (Fsp3) is 0.333. The summed E-state index contributed by atoms with van der Waals surface area (Å²) in [4.78, 5) is 16.7. The SMILES string of the molecule is COc1cc(C)c(C(=O)c2c(F)ncc(C)c2C)c(OC)c1OC. The average Bonchev–Trinajstić information content (AvgIpc) is 2.56. The van der Waals surface area contributed by atoms with Gasteiger partial charge in [0.2, 0.25) is 17.5 Å². The van der Waals surface area contributed by atoms with E-state index in [-0.39, 0.29) is 22.6 Å². The fourth-order valence-electron chi connectivity index (χ4n) is 2.62. The first-order valence-electron chi connectivity index (χ1n) is 7.33. The molecule has 1 aromatic heterocycles. The van der Waals surface area contributed by atoms with Crippen LogP contribution in [0.3, 0.4) is 0 Å². The van der Waals surface area contributed by atoms with Crippen molar-refractivity contribution in [1.82, 2.24) is 4.98 Å². The van der Waals surface area contributed by atoms with Gasteiger partial charge in [-0.2, -0.15) is 4.39 Å². The highest BCUT2D eigenvalue weighted by Crippen LogP contribution is 2.42. The largest absolute Gasteiger partial charge is 0.493 e. The molecule has 0 N–H and O–H groups in total. The molecule has 0 saturated heterocycles. The van der Waals surface area contributed by atoms with Gasteiger partial charge in [-0.15, -0.1) is 0 Å².